The largest absolute Gasteiger partial charge is 0.508 e. The van der Waals surface area contributed by atoms with Crippen LogP contribution in [0.3, 0.4) is 0 Å². The van der Waals surface area contributed by atoms with Crippen LogP contribution in [0.1, 0.15) is 0 Å². The first kappa shape index (κ1) is 9.40. The van der Waals surface area contributed by atoms with Gasteiger partial charge in [0.25, 0.3) is 0 Å². The van der Waals surface area contributed by atoms with Crippen LogP contribution < -0.4 is 10.5 Å². The van der Waals surface area contributed by atoms with Gasteiger partial charge in [-0.25, -0.2) is 0 Å². The fourth-order valence-electron chi connectivity index (χ4n) is 1.23. The molecule has 0 bridgehead atoms. The number of phenols is 1. The molecule has 0 saturated carbocycles. The predicted octanol–water partition coefficient (Wildman–Crippen LogP) is 2.77. The highest BCUT2D eigenvalue weighted by atomic mass is 16.5. The fourth-order valence-corrected chi connectivity index (χ4v) is 1.23. The van der Waals surface area contributed by atoms with Gasteiger partial charge in [-0.05, 0) is 36.4 Å². The minimum atomic E-state index is 0.218. The third-order valence-electron chi connectivity index (χ3n) is 1.93. The van der Waals surface area contributed by atoms with E-state index in [1.807, 2.05) is 12.1 Å². The van der Waals surface area contributed by atoms with Crippen LogP contribution in [0, 0.1) is 0 Å². The number of phenolic OH excluding ortho intramolecular Hbond substituents is 1. The van der Waals surface area contributed by atoms with Crippen molar-refractivity contribution in [3.05, 3.63) is 48.5 Å². The number of rotatable bonds is 2. The number of nitrogen functional groups attached to an aromatic ring is 1. The van der Waals surface area contributed by atoms with Gasteiger partial charge in [-0.1, -0.05) is 6.07 Å². The van der Waals surface area contributed by atoms with Crippen LogP contribution >= 0.6 is 0 Å². The van der Waals surface area contributed by atoms with Crippen LogP contribution in [0.2, 0.25) is 0 Å². The third-order valence-corrected chi connectivity index (χ3v) is 1.93. The molecule has 0 aliphatic rings. The second-order valence-corrected chi connectivity index (χ2v) is 3.17. The Morgan fingerprint density at radius 3 is 2.33 bits per heavy atom. The molecule has 76 valence electrons. The van der Waals surface area contributed by atoms with Gasteiger partial charge in [-0.2, -0.15) is 0 Å². The molecule has 3 heteroatoms. The van der Waals surface area contributed by atoms with Crippen molar-refractivity contribution < 1.29 is 9.84 Å². The number of benzene rings is 2. The lowest BCUT2D eigenvalue weighted by Gasteiger charge is -2.05. The number of hydrogen-bond acceptors (Lipinski definition) is 3. The summed E-state index contributed by atoms with van der Waals surface area (Å²) >= 11 is 0. The van der Waals surface area contributed by atoms with Crippen LogP contribution in [0.4, 0.5) is 5.69 Å². The number of anilines is 1. The molecule has 0 spiro atoms. The number of aromatic hydroxyl groups is 1. The van der Waals surface area contributed by atoms with E-state index in [0.717, 1.165) is 0 Å². The standard InChI is InChI=1S/C12H11NO2/c13-9-2-1-3-12(8-9)15-11-6-4-10(14)5-7-11/h1-8,14H,13H2. The summed E-state index contributed by atoms with van der Waals surface area (Å²) in [5, 5.41) is 9.09. The fraction of sp³-hybridized carbons (Fsp3) is 0. The first-order chi connectivity index (χ1) is 7.24. The zero-order valence-electron chi connectivity index (χ0n) is 8.05. The Hall–Kier alpha value is -2.16. The number of nitrogens with two attached hydrogens (primary N) is 1. The van der Waals surface area contributed by atoms with Crippen LogP contribution in [0.25, 0.3) is 0 Å². The van der Waals surface area contributed by atoms with Crippen LogP contribution in [0.5, 0.6) is 17.2 Å². The quantitative estimate of drug-likeness (QED) is 0.734. The van der Waals surface area contributed by atoms with Crippen LogP contribution in [-0.2, 0) is 0 Å². The van der Waals surface area contributed by atoms with Crippen molar-refractivity contribution in [3.63, 3.8) is 0 Å². The summed E-state index contributed by atoms with van der Waals surface area (Å²) in [6.45, 7) is 0. The molecule has 2 aromatic carbocycles. The maximum Gasteiger partial charge on any atom is 0.129 e. The SMILES string of the molecule is Nc1cccc(Oc2ccc(O)cc2)c1. The molecular formula is C12H11NO2. The molecular weight excluding hydrogens is 190 g/mol. The zero-order valence-corrected chi connectivity index (χ0v) is 8.05. The van der Waals surface area contributed by atoms with Crippen molar-refractivity contribution in [1.82, 2.24) is 0 Å². The minimum absolute atomic E-state index is 0.218. The molecule has 0 atom stereocenters. The summed E-state index contributed by atoms with van der Waals surface area (Å²) in [7, 11) is 0. The molecule has 0 aliphatic carbocycles. The lowest BCUT2D eigenvalue weighted by Crippen LogP contribution is -1.87. The van der Waals surface area contributed by atoms with Gasteiger partial charge in [-0.3, -0.25) is 0 Å². The minimum Gasteiger partial charge on any atom is -0.508 e. The summed E-state index contributed by atoms with van der Waals surface area (Å²) in [5.41, 5.74) is 6.27. The molecule has 3 N–H and O–H groups in total. The molecule has 0 heterocycles. The molecule has 0 aromatic heterocycles. The van der Waals surface area contributed by atoms with Crippen molar-refractivity contribution in [2.45, 2.75) is 0 Å². The van der Waals surface area contributed by atoms with Crippen molar-refractivity contribution in [2.75, 3.05) is 5.73 Å². The van der Waals surface area contributed by atoms with Crippen LogP contribution in [-0.4, -0.2) is 5.11 Å². The average molecular weight is 201 g/mol. The Morgan fingerprint density at radius 2 is 1.67 bits per heavy atom. The van der Waals surface area contributed by atoms with Gasteiger partial charge in [0.2, 0.25) is 0 Å². The molecule has 0 aliphatic heterocycles. The molecule has 15 heavy (non-hydrogen) atoms. The number of ether oxygens (including phenoxy) is 1. The maximum atomic E-state index is 9.09. The highest BCUT2D eigenvalue weighted by Crippen LogP contribution is 2.24. The van der Waals surface area contributed by atoms with Crippen molar-refractivity contribution >= 4 is 5.69 Å². The molecule has 0 radical (unpaired) electrons. The normalized spacial score (nSPS) is 9.87. The Balaban J connectivity index is 2.18. The second-order valence-electron chi connectivity index (χ2n) is 3.17. The van der Waals surface area contributed by atoms with Gasteiger partial charge in [0.15, 0.2) is 0 Å². The maximum absolute atomic E-state index is 9.09. The molecule has 3 nitrogen and oxygen atoms in total. The topological polar surface area (TPSA) is 55.5 Å². The van der Waals surface area contributed by atoms with Crippen molar-refractivity contribution in [3.8, 4) is 17.2 Å². The van der Waals surface area contributed by atoms with E-state index in [1.165, 1.54) is 0 Å². The smallest absolute Gasteiger partial charge is 0.129 e. The van der Waals surface area contributed by atoms with Crippen molar-refractivity contribution in [2.24, 2.45) is 0 Å². The van der Waals surface area contributed by atoms with E-state index in [4.69, 9.17) is 15.6 Å². The van der Waals surface area contributed by atoms with E-state index in [1.54, 1.807) is 36.4 Å². The van der Waals surface area contributed by atoms with Crippen LogP contribution in [0.15, 0.2) is 48.5 Å². The zero-order chi connectivity index (χ0) is 10.7. The second kappa shape index (κ2) is 3.92. The first-order valence-corrected chi connectivity index (χ1v) is 4.56. The van der Waals surface area contributed by atoms with Gasteiger partial charge in [0.05, 0.1) is 0 Å². The Bertz CT molecular complexity index is 451. The Labute approximate surface area is 87.7 Å². The van der Waals surface area contributed by atoms with Crippen molar-refractivity contribution in [1.29, 1.82) is 0 Å². The van der Waals surface area contributed by atoms with E-state index in [2.05, 4.69) is 0 Å². The summed E-state index contributed by atoms with van der Waals surface area (Å²) in [4.78, 5) is 0. The molecule has 2 rings (SSSR count). The summed E-state index contributed by atoms with van der Waals surface area (Å²) < 4.78 is 5.52. The summed E-state index contributed by atoms with van der Waals surface area (Å²) in [5.74, 6) is 1.56. The van der Waals surface area contributed by atoms with E-state index in [9.17, 15) is 0 Å². The van der Waals surface area contributed by atoms with Gasteiger partial charge in [0, 0.05) is 11.8 Å². The van der Waals surface area contributed by atoms with E-state index < -0.39 is 0 Å². The summed E-state index contributed by atoms with van der Waals surface area (Å²) in [6.07, 6.45) is 0. The predicted molar refractivity (Wildman–Crippen MR) is 59.0 cm³/mol. The molecule has 0 unspecified atom stereocenters. The van der Waals surface area contributed by atoms with Gasteiger partial charge in [0.1, 0.15) is 17.2 Å². The molecule has 0 amide bonds. The van der Waals surface area contributed by atoms with Gasteiger partial charge >= 0.3 is 0 Å². The molecule has 0 fully saturated rings. The summed E-state index contributed by atoms with van der Waals surface area (Å²) in [6, 6.07) is 13.7. The lowest BCUT2D eigenvalue weighted by atomic mass is 10.3. The Kier molecular flexibility index (Phi) is 2.46. The molecule has 2 aromatic rings. The van der Waals surface area contributed by atoms with Gasteiger partial charge < -0.3 is 15.6 Å². The van der Waals surface area contributed by atoms with E-state index in [0.29, 0.717) is 17.2 Å². The molecule has 0 saturated heterocycles. The van der Waals surface area contributed by atoms with E-state index in [-0.39, 0.29) is 5.75 Å². The highest BCUT2D eigenvalue weighted by Gasteiger charge is 1.97. The highest BCUT2D eigenvalue weighted by molar-refractivity contribution is 5.45. The Morgan fingerprint density at radius 1 is 0.933 bits per heavy atom. The van der Waals surface area contributed by atoms with Gasteiger partial charge in [-0.15, -0.1) is 0 Å². The average Bonchev–Trinajstić information content (AvgIpc) is 2.22. The third kappa shape index (κ3) is 2.40. The van der Waals surface area contributed by atoms with E-state index >= 15 is 0 Å². The lowest BCUT2D eigenvalue weighted by molar-refractivity contribution is 0.464. The first-order valence-electron chi connectivity index (χ1n) is 4.56. The monoisotopic (exact) mass is 201 g/mol. The number of hydrogen-bond donors (Lipinski definition) is 2.